The molecular weight excluding hydrogens is 598 g/mol. The summed E-state index contributed by atoms with van der Waals surface area (Å²) < 4.78 is 5.53. The van der Waals surface area contributed by atoms with Gasteiger partial charge in [-0.2, -0.15) is 0 Å². The number of anilines is 1. The Hall–Kier alpha value is -4.56. The molecule has 1 fully saturated rings. The van der Waals surface area contributed by atoms with Crippen molar-refractivity contribution in [3.63, 3.8) is 0 Å². The van der Waals surface area contributed by atoms with E-state index < -0.39 is 5.91 Å². The molecular formula is C31H34ClN9O4. The summed E-state index contributed by atoms with van der Waals surface area (Å²) in [7, 11) is 1.54. The maximum Gasteiger partial charge on any atom is 0.275 e. The standard InChI is InChI=1S/C31H34ClN9O4/c1-18-21(4-3-5-23(18)40-30(44)25-17-36-20(14-37-25)13-33-10-11-42)29-28(32)22(8-9-35-29)24-16-38-26(31(41-24)45-2)15-34-12-19-6-7-27(43)39-19/h3-5,8-9,14,16-17,19,33-34,42H,6-7,10-13,15H2,1-2H3,(H,39,43)(H,40,44)/t19-/m1/s1. The molecule has 4 aromatic rings. The molecule has 1 aliphatic rings. The molecule has 0 bridgehead atoms. The van der Waals surface area contributed by atoms with E-state index in [1.807, 2.05) is 19.1 Å². The molecule has 2 amide bonds. The molecule has 1 aromatic carbocycles. The van der Waals surface area contributed by atoms with Gasteiger partial charge in [-0.05, 0) is 31.0 Å². The Balaban J connectivity index is 1.32. The maximum atomic E-state index is 13.0. The number of benzene rings is 1. The van der Waals surface area contributed by atoms with Crippen molar-refractivity contribution >= 4 is 29.1 Å². The SMILES string of the molecule is COc1nc(-c2ccnc(-c3cccc(NC(=O)c4cnc(CNCCO)cn4)c3C)c2Cl)cnc1CNC[C@H]1CCC(=O)N1. The Labute approximate surface area is 265 Å². The third-order valence-corrected chi connectivity index (χ3v) is 7.69. The summed E-state index contributed by atoms with van der Waals surface area (Å²) in [5.41, 5.74) is 5.19. The minimum atomic E-state index is -0.407. The number of aliphatic hydroxyl groups excluding tert-OH is 1. The minimum Gasteiger partial charge on any atom is -0.480 e. The lowest BCUT2D eigenvalue weighted by Gasteiger charge is -2.15. The number of hydrogen-bond donors (Lipinski definition) is 5. The smallest absolute Gasteiger partial charge is 0.275 e. The minimum absolute atomic E-state index is 0.0239. The number of methoxy groups -OCH3 is 1. The Kier molecular flexibility index (Phi) is 10.6. The van der Waals surface area contributed by atoms with Gasteiger partial charge in [0.25, 0.3) is 5.91 Å². The highest BCUT2D eigenvalue weighted by Crippen LogP contribution is 2.37. The molecule has 234 valence electrons. The van der Waals surface area contributed by atoms with Crippen molar-refractivity contribution in [2.75, 3.05) is 32.1 Å². The summed E-state index contributed by atoms with van der Waals surface area (Å²) in [5, 5.41) is 21.4. The summed E-state index contributed by atoms with van der Waals surface area (Å²) in [6.45, 7) is 3.82. The topological polar surface area (TPSA) is 176 Å². The number of aliphatic hydroxyl groups is 1. The van der Waals surface area contributed by atoms with Gasteiger partial charge in [0.15, 0.2) is 0 Å². The second-order valence-corrected chi connectivity index (χ2v) is 10.8. The van der Waals surface area contributed by atoms with Crippen LogP contribution in [0.4, 0.5) is 5.69 Å². The van der Waals surface area contributed by atoms with Crippen LogP contribution in [0.2, 0.25) is 5.02 Å². The second kappa shape index (κ2) is 14.9. The molecule has 0 saturated carbocycles. The van der Waals surface area contributed by atoms with Crippen molar-refractivity contribution in [3.8, 4) is 28.4 Å². The van der Waals surface area contributed by atoms with Gasteiger partial charge >= 0.3 is 0 Å². The molecule has 0 radical (unpaired) electrons. The van der Waals surface area contributed by atoms with Crippen LogP contribution in [0.15, 0.2) is 49.1 Å². The number of nitrogens with zero attached hydrogens (tertiary/aromatic N) is 5. The van der Waals surface area contributed by atoms with Crippen LogP contribution in [0.5, 0.6) is 5.88 Å². The fourth-order valence-electron chi connectivity index (χ4n) is 4.91. The number of hydrogen-bond acceptors (Lipinski definition) is 11. The number of rotatable bonds is 13. The highest BCUT2D eigenvalue weighted by Gasteiger charge is 2.21. The molecule has 5 N–H and O–H groups in total. The predicted molar refractivity (Wildman–Crippen MR) is 169 cm³/mol. The molecule has 0 unspecified atom stereocenters. The van der Waals surface area contributed by atoms with Crippen molar-refractivity contribution in [1.82, 2.24) is 40.9 Å². The number of nitrogens with one attached hydrogen (secondary N) is 4. The fraction of sp³-hybridized carbons (Fsp3) is 0.323. The van der Waals surface area contributed by atoms with E-state index in [0.717, 1.165) is 17.5 Å². The van der Waals surface area contributed by atoms with E-state index in [4.69, 9.17) is 21.4 Å². The van der Waals surface area contributed by atoms with Crippen molar-refractivity contribution in [3.05, 3.63) is 76.7 Å². The molecule has 4 heterocycles. The number of amides is 2. The van der Waals surface area contributed by atoms with Crippen molar-refractivity contribution < 1.29 is 19.4 Å². The quantitative estimate of drug-likeness (QED) is 0.137. The zero-order valence-corrected chi connectivity index (χ0v) is 25.7. The molecule has 0 aliphatic carbocycles. The first-order chi connectivity index (χ1) is 21.9. The lowest BCUT2D eigenvalue weighted by Crippen LogP contribution is -2.35. The van der Waals surface area contributed by atoms with Crippen molar-refractivity contribution in [2.24, 2.45) is 0 Å². The number of halogens is 1. The third kappa shape index (κ3) is 7.75. The molecule has 0 spiro atoms. The van der Waals surface area contributed by atoms with Crippen molar-refractivity contribution in [2.45, 2.75) is 38.9 Å². The first-order valence-corrected chi connectivity index (χ1v) is 14.8. The maximum absolute atomic E-state index is 13.0. The largest absolute Gasteiger partial charge is 0.480 e. The lowest BCUT2D eigenvalue weighted by atomic mass is 10.0. The highest BCUT2D eigenvalue weighted by atomic mass is 35.5. The molecule has 1 aliphatic heterocycles. The first-order valence-electron chi connectivity index (χ1n) is 14.5. The Morgan fingerprint density at radius 1 is 1.09 bits per heavy atom. The van der Waals surface area contributed by atoms with Crippen LogP contribution in [-0.2, 0) is 17.9 Å². The molecule has 45 heavy (non-hydrogen) atoms. The summed E-state index contributed by atoms with van der Waals surface area (Å²) in [5.74, 6) is 0.0307. The number of ether oxygens (including phenoxy) is 1. The van der Waals surface area contributed by atoms with E-state index >= 15 is 0 Å². The monoisotopic (exact) mass is 631 g/mol. The van der Waals surface area contributed by atoms with Crippen molar-refractivity contribution in [1.29, 1.82) is 0 Å². The van der Waals surface area contributed by atoms with Crippen LogP contribution in [0, 0.1) is 6.92 Å². The zero-order chi connectivity index (χ0) is 31.8. The summed E-state index contributed by atoms with van der Waals surface area (Å²) >= 11 is 6.92. The summed E-state index contributed by atoms with van der Waals surface area (Å²) in [4.78, 5) is 46.7. The van der Waals surface area contributed by atoms with E-state index in [9.17, 15) is 9.59 Å². The van der Waals surface area contributed by atoms with Gasteiger partial charge in [-0.25, -0.2) is 9.97 Å². The van der Waals surface area contributed by atoms with E-state index in [-0.39, 0.29) is 24.2 Å². The van der Waals surface area contributed by atoms with E-state index in [1.165, 1.54) is 19.5 Å². The third-order valence-electron chi connectivity index (χ3n) is 7.31. The number of pyridine rings is 1. The van der Waals surface area contributed by atoms with Crippen LogP contribution in [0.3, 0.4) is 0 Å². The van der Waals surface area contributed by atoms with E-state index in [2.05, 4.69) is 46.2 Å². The number of aromatic nitrogens is 5. The summed E-state index contributed by atoms with van der Waals surface area (Å²) in [6, 6.07) is 7.35. The van der Waals surface area contributed by atoms with Gasteiger partial charge in [0, 0.05) is 61.7 Å². The number of carbonyl (C=O) groups excluding carboxylic acids is 2. The van der Waals surface area contributed by atoms with Gasteiger partial charge in [-0.15, -0.1) is 0 Å². The van der Waals surface area contributed by atoms with Gasteiger partial charge in [-0.1, -0.05) is 23.7 Å². The average molecular weight is 632 g/mol. The number of carbonyl (C=O) groups is 2. The summed E-state index contributed by atoms with van der Waals surface area (Å²) in [6.07, 6.45) is 7.58. The Morgan fingerprint density at radius 3 is 2.69 bits per heavy atom. The average Bonchev–Trinajstić information content (AvgIpc) is 3.47. The fourth-order valence-corrected chi connectivity index (χ4v) is 5.22. The van der Waals surface area contributed by atoms with E-state index in [0.29, 0.717) is 77.5 Å². The Bertz CT molecular complexity index is 1670. The molecule has 5 rings (SSSR count). The zero-order valence-electron chi connectivity index (χ0n) is 24.9. The first kappa shape index (κ1) is 31.9. The van der Waals surface area contributed by atoms with Gasteiger partial charge < -0.3 is 31.1 Å². The van der Waals surface area contributed by atoms with Gasteiger partial charge in [0.2, 0.25) is 11.8 Å². The van der Waals surface area contributed by atoms with Crippen LogP contribution in [0.1, 0.15) is 40.3 Å². The molecule has 13 nitrogen and oxygen atoms in total. The Morgan fingerprint density at radius 2 is 1.96 bits per heavy atom. The van der Waals surface area contributed by atoms with Crippen LogP contribution >= 0.6 is 11.6 Å². The van der Waals surface area contributed by atoms with Gasteiger partial charge in [-0.3, -0.25) is 24.5 Å². The highest BCUT2D eigenvalue weighted by molar-refractivity contribution is 6.35. The normalized spacial score (nSPS) is 14.3. The van der Waals surface area contributed by atoms with E-state index in [1.54, 1.807) is 24.5 Å². The molecule has 1 atom stereocenters. The van der Waals surface area contributed by atoms with Crippen LogP contribution in [-0.4, -0.2) is 74.7 Å². The molecule has 1 saturated heterocycles. The predicted octanol–water partition coefficient (Wildman–Crippen LogP) is 2.67. The van der Waals surface area contributed by atoms with Gasteiger partial charge in [0.05, 0.1) is 54.4 Å². The molecule has 3 aromatic heterocycles. The van der Waals surface area contributed by atoms with Crippen LogP contribution in [0.25, 0.3) is 22.5 Å². The van der Waals surface area contributed by atoms with Gasteiger partial charge in [0.1, 0.15) is 11.4 Å². The molecule has 14 heteroatoms. The van der Waals surface area contributed by atoms with Crippen LogP contribution < -0.4 is 26.0 Å². The second-order valence-electron chi connectivity index (χ2n) is 10.4. The lowest BCUT2D eigenvalue weighted by molar-refractivity contribution is -0.119.